The van der Waals surface area contributed by atoms with Crippen molar-refractivity contribution >= 4 is 23.6 Å². The minimum atomic E-state index is -0.258. The topological polar surface area (TPSA) is 49.9 Å². The molecule has 1 aromatic rings. The molecule has 0 bridgehead atoms. The van der Waals surface area contributed by atoms with E-state index in [0.29, 0.717) is 38.5 Å². The average molecular weight is 334 g/mol. The molecule has 1 aromatic carbocycles. The Bertz CT molecular complexity index is 538. The zero-order valence-electron chi connectivity index (χ0n) is 13.1. The maximum atomic E-state index is 12.3. The molecule has 2 aliphatic heterocycles. The Morgan fingerprint density at radius 2 is 1.78 bits per heavy atom. The highest BCUT2D eigenvalue weighted by atomic mass is 32.2. The minimum absolute atomic E-state index is 0.0910. The van der Waals surface area contributed by atoms with Crippen LogP contribution < -0.4 is 0 Å². The lowest BCUT2D eigenvalue weighted by Gasteiger charge is -2.35. The Kier molecular flexibility index (Phi) is 5.56. The smallest absolute Gasteiger partial charge is 0.251 e. The zero-order valence-corrected chi connectivity index (χ0v) is 14.0. The molecule has 5 nitrogen and oxygen atoms in total. The normalized spacial score (nSPS) is 21.5. The van der Waals surface area contributed by atoms with Gasteiger partial charge in [0.05, 0.1) is 5.75 Å². The summed E-state index contributed by atoms with van der Waals surface area (Å²) in [5, 5.41) is 0. The number of rotatable bonds is 4. The van der Waals surface area contributed by atoms with Crippen molar-refractivity contribution in [1.82, 2.24) is 9.80 Å². The van der Waals surface area contributed by atoms with E-state index in [9.17, 15) is 9.59 Å². The third-order valence-corrected chi connectivity index (χ3v) is 5.25. The highest BCUT2D eigenvalue weighted by molar-refractivity contribution is 8.00. The van der Waals surface area contributed by atoms with E-state index in [4.69, 9.17) is 4.74 Å². The Balaban J connectivity index is 1.43. The number of amides is 2. The maximum absolute atomic E-state index is 12.3. The fraction of sp³-hybridized carbons (Fsp3) is 0.529. The van der Waals surface area contributed by atoms with Crippen molar-refractivity contribution in [2.75, 3.05) is 38.5 Å². The lowest BCUT2D eigenvalue weighted by Crippen LogP contribution is -2.53. The molecular weight excluding hydrogens is 312 g/mol. The molecule has 0 aliphatic carbocycles. The molecule has 0 N–H and O–H groups in total. The van der Waals surface area contributed by atoms with E-state index in [1.807, 2.05) is 40.1 Å². The molecule has 6 heteroatoms. The van der Waals surface area contributed by atoms with Crippen LogP contribution in [0.3, 0.4) is 0 Å². The number of hydrogen-bond acceptors (Lipinski definition) is 4. The van der Waals surface area contributed by atoms with Gasteiger partial charge in [-0.2, -0.15) is 0 Å². The second kappa shape index (κ2) is 7.84. The van der Waals surface area contributed by atoms with E-state index >= 15 is 0 Å². The number of hydrogen-bond donors (Lipinski definition) is 0. The molecule has 0 aromatic heterocycles. The Morgan fingerprint density at radius 1 is 1.09 bits per heavy atom. The highest BCUT2D eigenvalue weighted by Gasteiger charge is 2.31. The van der Waals surface area contributed by atoms with Crippen LogP contribution in [0.15, 0.2) is 35.2 Å². The molecule has 124 valence electrons. The summed E-state index contributed by atoms with van der Waals surface area (Å²) in [6, 6.07) is 9.94. The first kappa shape index (κ1) is 16.3. The van der Waals surface area contributed by atoms with Crippen molar-refractivity contribution in [2.24, 2.45) is 0 Å². The number of carbonyl (C=O) groups is 2. The number of benzene rings is 1. The summed E-state index contributed by atoms with van der Waals surface area (Å²) in [6.45, 7) is 3.14. The summed E-state index contributed by atoms with van der Waals surface area (Å²) in [5.74, 6) is 0.681. The summed E-state index contributed by atoms with van der Waals surface area (Å²) in [4.78, 5) is 29.4. The Labute approximate surface area is 141 Å². The summed E-state index contributed by atoms with van der Waals surface area (Å²) in [6.07, 6.45) is 1.53. The van der Waals surface area contributed by atoms with Crippen LogP contribution in [0.25, 0.3) is 0 Å². The predicted octanol–water partition coefficient (Wildman–Crippen LogP) is 1.63. The number of piperazine rings is 1. The number of thioether (sulfide) groups is 1. The van der Waals surface area contributed by atoms with Crippen LogP contribution in [0.2, 0.25) is 0 Å². The zero-order chi connectivity index (χ0) is 16.1. The monoisotopic (exact) mass is 334 g/mol. The lowest BCUT2D eigenvalue weighted by molar-refractivity contribution is -0.145. The maximum Gasteiger partial charge on any atom is 0.251 e. The van der Waals surface area contributed by atoms with Gasteiger partial charge in [0.2, 0.25) is 5.91 Å². The van der Waals surface area contributed by atoms with Crippen LogP contribution in [0.1, 0.15) is 12.8 Å². The van der Waals surface area contributed by atoms with Crippen LogP contribution >= 0.6 is 11.8 Å². The number of nitrogens with zero attached hydrogens (tertiary/aromatic N) is 2. The van der Waals surface area contributed by atoms with Crippen LogP contribution in [-0.2, 0) is 14.3 Å². The van der Waals surface area contributed by atoms with Gasteiger partial charge in [-0.1, -0.05) is 18.2 Å². The van der Waals surface area contributed by atoms with Crippen LogP contribution in [0, 0.1) is 0 Å². The van der Waals surface area contributed by atoms with Gasteiger partial charge >= 0.3 is 0 Å². The first-order valence-electron chi connectivity index (χ1n) is 8.10. The molecule has 0 spiro atoms. The third-order valence-electron chi connectivity index (χ3n) is 4.25. The second-order valence-electron chi connectivity index (χ2n) is 5.81. The molecule has 0 saturated carbocycles. The fourth-order valence-corrected chi connectivity index (χ4v) is 3.73. The highest BCUT2D eigenvalue weighted by Crippen LogP contribution is 2.19. The number of ether oxygens (including phenoxy) is 1. The van der Waals surface area contributed by atoms with Gasteiger partial charge in [-0.3, -0.25) is 9.59 Å². The van der Waals surface area contributed by atoms with E-state index in [0.717, 1.165) is 17.7 Å². The van der Waals surface area contributed by atoms with Gasteiger partial charge in [-0.05, 0) is 25.0 Å². The van der Waals surface area contributed by atoms with Crippen molar-refractivity contribution < 1.29 is 14.3 Å². The summed E-state index contributed by atoms with van der Waals surface area (Å²) in [7, 11) is 0. The van der Waals surface area contributed by atoms with Gasteiger partial charge in [0, 0.05) is 37.7 Å². The number of carbonyl (C=O) groups excluding carboxylic acids is 2. The molecule has 1 atom stereocenters. The first-order chi connectivity index (χ1) is 11.2. The van der Waals surface area contributed by atoms with Crippen molar-refractivity contribution in [3.8, 4) is 0 Å². The minimum Gasteiger partial charge on any atom is -0.368 e. The quantitative estimate of drug-likeness (QED) is 0.786. The lowest BCUT2D eigenvalue weighted by atomic mass is 10.2. The SMILES string of the molecule is O=C(CSc1ccccc1)N1CCN(C(=O)[C@@H]2CCCO2)CC1. The predicted molar refractivity (Wildman–Crippen MR) is 89.3 cm³/mol. The van der Waals surface area contributed by atoms with Gasteiger partial charge in [0.25, 0.3) is 5.91 Å². The van der Waals surface area contributed by atoms with Gasteiger partial charge in [-0.15, -0.1) is 11.8 Å². The average Bonchev–Trinajstić information content (AvgIpc) is 3.15. The molecule has 0 unspecified atom stereocenters. The molecule has 23 heavy (non-hydrogen) atoms. The summed E-state index contributed by atoms with van der Waals surface area (Å²) >= 11 is 1.56. The van der Waals surface area contributed by atoms with E-state index in [1.165, 1.54) is 0 Å². The van der Waals surface area contributed by atoms with Gasteiger partial charge in [0.15, 0.2) is 0 Å². The Morgan fingerprint density at radius 3 is 2.43 bits per heavy atom. The molecule has 2 saturated heterocycles. The van der Waals surface area contributed by atoms with E-state index in [2.05, 4.69) is 0 Å². The van der Waals surface area contributed by atoms with Gasteiger partial charge in [-0.25, -0.2) is 0 Å². The second-order valence-corrected chi connectivity index (χ2v) is 6.86. The van der Waals surface area contributed by atoms with Crippen LogP contribution in [0.4, 0.5) is 0 Å². The molecule has 3 rings (SSSR count). The fourth-order valence-electron chi connectivity index (χ4n) is 2.91. The molecule has 2 fully saturated rings. The summed E-state index contributed by atoms with van der Waals surface area (Å²) in [5.41, 5.74) is 0. The molecular formula is C17H22N2O3S. The third kappa shape index (κ3) is 4.26. The van der Waals surface area contributed by atoms with Crippen LogP contribution in [-0.4, -0.2) is 66.3 Å². The van der Waals surface area contributed by atoms with Crippen LogP contribution in [0.5, 0.6) is 0 Å². The van der Waals surface area contributed by atoms with E-state index in [-0.39, 0.29) is 17.9 Å². The van der Waals surface area contributed by atoms with Gasteiger partial charge in [0.1, 0.15) is 6.10 Å². The van der Waals surface area contributed by atoms with Crippen molar-refractivity contribution in [3.63, 3.8) is 0 Å². The van der Waals surface area contributed by atoms with Crippen molar-refractivity contribution in [3.05, 3.63) is 30.3 Å². The molecule has 2 amide bonds. The molecule has 2 aliphatic rings. The molecule has 0 radical (unpaired) electrons. The summed E-state index contributed by atoms with van der Waals surface area (Å²) < 4.78 is 5.45. The van der Waals surface area contributed by atoms with Crippen molar-refractivity contribution in [2.45, 2.75) is 23.8 Å². The Hall–Kier alpha value is -1.53. The van der Waals surface area contributed by atoms with Gasteiger partial charge < -0.3 is 14.5 Å². The largest absolute Gasteiger partial charge is 0.368 e. The standard InChI is InChI=1S/C17H22N2O3S/c20-16(13-23-14-5-2-1-3-6-14)18-8-10-19(11-9-18)17(21)15-7-4-12-22-15/h1-3,5-6,15H,4,7-13H2/t15-/m0/s1. The van der Waals surface area contributed by atoms with E-state index < -0.39 is 0 Å². The van der Waals surface area contributed by atoms with E-state index in [1.54, 1.807) is 11.8 Å². The van der Waals surface area contributed by atoms with Crippen molar-refractivity contribution in [1.29, 1.82) is 0 Å². The molecule has 2 heterocycles. The first-order valence-corrected chi connectivity index (χ1v) is 9.08.